The van der Waals surface area contributed by atoms with Crippen molar-refractivity contribution in [2.24, 2.45) is 0 Å². The van der Waals surface area contributed by atoms with E-state index < -0.39 is 11.9 Å². The molecule has 0 saturated heterocycles. The predicted octanol–water partition coefficient (Wildman–Crippen LogP) is 2.09. The van der Waals surface area contributed by atoms with E-state index in [-0.39, 0.29) is 12.5 Å². The molecule has 4 amide bonds. The van der Waals surface area contributed by atoms with Crippen molar-refractivity contribution >= 4 is 29.2 Å². The molecule has 0 radical (unpaired) electrons. The second-order valence-electron chi connectivity index (χ2n) is 5.67. The van der Waals surface area contributed by atoms with Gasteiger partial charge in [-0.2, -0.15) is 0 Å². The lowest BCUT2D eigenvalue weighted by Crippen LogP contribution is -2.39. The number of carbonyl (C=O) groups excluding carboxylic acids is 3. The van der Waals surface area contributed by atoms with Crippen molar-refractivity contribution in [3.05, 3.63) is 54.1 Å². The van der Waals surface area contributed by atoms with Crippen LogP contribution >= 0.6 is 0 Å². The van der Waals surface area contributed by atoms with Gasteiger partial charge >= 0.3 is 6.03 Å². The lowest BCUT2D eigenvalue weighted by atomic mass is 10.2. The quantitative estimate of drug-likeness (QED) is 0.598. The van der Waals surface area contributed by atoms with Gasteiger partial charge in [-0.3, -0.25) is 9.59 Å². The monoisotopic (exact) mass is 370 g/mol. The van der Waals surface area contributed by atoms with Crippen LogP contribution in [0.1, 0.15) is 12.5 Å². The van der Waals surface area contributed by atoms with Gasteiger partial charge in [-0.15, -0.1) is 0 Å². The molecule has 4 N–H and O–H groups in total. The number of hydrogen-bond donors (Lipinski definition) is 4. The number of hydrogen-bond acceptors (Lipinski definition) is 4. The summed E-state index contributed by atoms with van der Waals surface area (Å²) in [6, 6.07) is 13.8. The number of urea groups is 1. The molecule has 2 rings (SSSR count). The summed E-state index contributed by atoms with van der Waals surface area (Å²) in [5.41, 5.74) is 1.87. The van der Waals surface area contributed by atoms with Gasteiger partial charge in [0.25, 0.3) is 0 Å². The molecule has 142 valence electrons. The standard InChI is InChI=1S/C19H22N4O4/c1-13(24)22-16-10-15(8-9-17(16)27-2)23-18(25)12-21-19(26)20-11-14-6-4-3-5-7-14/h3-10H,11-12H2,1-2H3,(H,22,24)(H,23,25)(H2,20,21,26). The summed E-state index contributed by atoms with van der Waals surface area (Å²) < 4.78 is 5.16. The SMILES string of the molecule is COc1ccc(NC(=O)CNC(=O)NCc2ccccc2)cc1NC(C)=O. The molecule has 2 aromatic rings. The van der Waals surface area contributed by atoms with E-state index >= 15 is 0 Å². The Morgan fingerprint density at radius 1 is 0.963 bits per heavy atom. The number of nitrogens with one attached hydrogen (secondary N) is 4. The molecule has 8 heteroatoms. The third-order valence-corrected chi connectivity index (χ3v) is 3.50. The van der Waals surface area contributed by atoms with Gasteiger partial charge < -0.3 is 26.0 Å². The van der Waals surface area contributed by atoms with E-state index in [1.165, 1.54) is 14.0 Å². The number of carbonyl (C=O) groups is 3. The zero-order chi connectivity index (χ0) is 19.6. The first-order valence-corrected chi connectivity index (χ1v) is 8.29. The summed E-state index contributed by atoms with van der Waals surface area (Å²) in [5, 5.41) is 10.4. The predicted molar refractivity (Wildman–Crippen MR) is 103 cm³/mol. The molecule has 0 heterocycles. The normalized spacial score (nSPS) is 9.85. The molecule has 0 bridgehead atoms. The Morgan fingerprint density at radius 3 is 2.37 bits per heavy atom. The van der Waals surface area contributed by atoms with E-state index in [1.54, 1.807) is 18.2 Å². The van der Waals surface area contributed by atoms with Crippen molar-refractivity contribution in [3.63, 3.8) is 0 Å². The van der Waals surface area contributed by atoms with Crippen LogP contribution in [0.4, 0.5) is 16.2 Å². The Labute approximate surface area is 157 Å². The Hall–Kier alpha value is -3.55. The first-order valence-electron chi connectivity index (χ1n) is 8.29. The summed E-state index contributed by atoms with van der Waals surface area (Å²) in [6.07, 6.45) is 0. The van der Waals surface area contributed by atoms with Crippen molar-refractivity contribution < 1.29 is 19.1 Å². The molecule has 0 aliphatic carbocycles. The number of ether oxygens (including phenoxy) is 1. The minimum atomic E-state index is -0.442. The number of anilines is 2. The minimum Gasteiger partial charge on any atom is -0.495 e. The number of benzene rings is 2. The third kappa shape index (κ3) is 6.69. The maximum atomic E-state index is 12.0. The van der Waals surface area contributed by atoms with Crippen molar-refractivity contribution in [1.29, 1.82) is 0 Å². The van der Waals surface area contributed by atoms with Gasteiger partial charge in [0.2, 0.25) is 11.8 Å². The Balaban J connectivity index is 1.82. The van der Waals surface area contributed by atoms with Crippen LogP contribution in [0.3, 0.4) is 0 Å². The van der Waals surface area contributed by atoms with Crippen molar-refractivity contribution in [1.82, 2.24) is 10.6 Å². The molecule has 0 saturated carbocycles. The van der Waals surface area contributed by atoms with E-state index in [0.717, 1.165) is 5.56 Å². The molecule has 8 nitrogen and oxygen atoms in total. The highest BCUT2D eigenvalue weighted by molar-refractivity contribution is 5.96. The lowest BCUT2D eigenvalue weighted by Gasteiger charge is -2.12. The second kappa shape index (κ2) is 9.81. The third-order valence-electron chi connectivity index (χ3n) is 3.50. The zero-order valence-electron chi connectivity index (χ0n) is 15.2. The Bertz CT molecular complexity index is 809. The number of rotatable bonds is 7. The maximum Gasteiger partial charge on any atom is 0.315 e. The van der Waals surface area contributed by atoms with E-state index in [9.17, 15) is 14.4 Å². The first-order chi connectivity index (χ1) is 13.0. The van der Waals surface area contributed by atoms with Crippen molar-refractivity contribution in [2.45, 2.75) is 13.5 Å². The zero-order valence-corrected chi connectivity index (χ0v) is 15.2. The summed E-state index contributed by atoms with van der Waals surface area (Å²) in [6.45, 7) is 1.55. The van der Waals surface area contributed by atoms with Gasteiger partial charge in [0, 0.05) is 19.2 Å². The van der Waals surface area contributed by atoms with Gasteiger partial charge in [-0.05, 0) is 23.8 Å². The average molecular weight is 370 g/mol. The molecule has 0 aliphatic rings. The fourth-order valence-electron chi connectivity index (χ4n) is 2.28. The highest BCUT2D eigenvalue weighted by Gasteiger charge is 2.09. The Kier molecular flexibility index (Phi) is 7.18. The fourth-order valence-corrected chi connectivity index (χ4v) is 2.28. The average Bonchev–Trinajstić information content (AvgIpc) is 2.65. The van der Waals surface area contributed by atoms with E-state index in [2.05, 4.69) is 21.3 Å². The fraction of sp³-hybridized carbons (Fsp3) is 0.211. The van der Waals surface area contributed by atoms with E-state index in [1.807, 2.05) is 30.3 Å². The molecule has 0 fully saturated rings. The van der Waals surface area contributed by atoms with Crippen molar-refractivity contribution in [3.8, 4) is 5.75 Å². The van der Waals surface area contributed by atoms with Gasteiger partial charge in [-0.25, -0.2) is 4.79 Å². The molecule has 2 aromatic carbocycles. The topological polar surface area (TPSA) is 109 Å². The van der Waals surface area contributed by atoms with Crippen LogP contribution in [-0.4, -0.2) is 31.5 Å². The van der Waals surface area contributed by atoms with Crippen LogP contribution in [0.15, 0.2) is 48.5 Å². The number of amides is 4. The highest BCUT2D eigenvalue weighted by Crippen LogP contribution is 2.27. The Morgan fingerprint density at radius 2 is 1.70 bits per heavy atom. The van der Waals surface area contributed by atoms with Crippen LogP contribution in [0.25, 0.3) is 0 Å². The molecule has 27 heavy (non-hydrogen) atoms. The van der Waals surface area contributed by atoms with Gasteiger partial charge in [0.05, 0.1) is 19.3 Å². The van der Waals surface area contributed by atoms with Crippen LogP contribution in [0, 0.1) is 0 Å². The van der Waals surface area contributed by atoms with E-state index in [4.69, 9.17) is 4.74 Å². The van der Waals surface area contributed by atoms with Crippen LogP contribution in [0.5, 0.6) is 5.75 Å². The highest BCUT2D eigenvalue weighted by atomic mass is 16.5. The molecule has 0 unspecified atom stereocenters. The second-order valence-corrected chi connectivity index (χ2v) is 5.67. The van der Waals surface area contributed by atoms with Gasteiger partial charge in [-0.1, -0.05) is 30.3 Å². The smallest absolute Gasteiger partial charge is 0.315 e. The van der Waals surface area contributed by atoms with Crippen LogP contribution in [0.2, 0.25) is 0 Å². The largest absolute Gasteiger partial charge is 0.495 e. The molecule has 0 aliphatic heterocycles. The van der Waals surface area contributed by atoms with Crippen LogP contribution in [-0.2, 0) is 16.1 Å². The molecule has 0 atom stereocenters. The molecular weight excluding hydrogens is 348 g/mol. The van der Waals surface area contributed by atoms with Crippen molar-refractivity contribution in [2.75, 3.05) is 24.3 Å². The summed E-state index contributed by atoms with van der Waals surface area (Å²) in [5.74, 6) is -0.182. The van der Waals surface area contributed by atoms with Gasteiger partial charge in [0.1, 0.15) is 5.75 Å². The lowest BCUT2D eigenvalue weighted by molar-refractivity contribution is -0.115. The van der Waals surface area contributed by atoms with Gasteiger partial charge in [0.15, 0.2) is 0 Å². The van der Waals surface area contributed by atoms with E-state index in [0.29, 0.717) is 23.7 Å². The van der Waals surface area contributed by atoms with Crippen LogP contribution < -0.4 is 26.0 Å². The minimum absolute atomic E-state index is 0.192. The molecule has 0 aromatic heterocycles. The first kappa shape index (κ1) is 19.8. The molecule has 0 spiro atoms. The number of methoxy groups -OCH3 is 1. The molecular formula is C19H22N4O4. The summed E-state index contributed by atoms with van der Waals surface area (Å²) in [7, 11) is 1.48. The summed E-state index contributed by atoms with van der Waals surface area (Å²) in [4.78, 5) is 35.0. The maximum absolute atomic E-state index is 12.0. The summed E-state index contributed by atoms with van der Waals surface area (Å²) >= 11 is 0.